The molecule has 0 N–H and O–H groups in total. The van der Waals surface area contributed by atoms with Gasteiger partial charge >= 0.3 is 0 Å². The molecule has 9 heteroatoms. The number of hydrogen-bond acceptors (Lipinski definition) is 7. The second kappa shape index (κ2) is 6.89. The van der Waals surface area contributed by atoms with Crippen LogP contribution < -0.4 is 0 Å². The molecule has 0 aliphatic carbocycles. The molecule has 0 saturated carbocycles. The van der Waals surface area contributed by atoms with Crippen LogP contribution in [0.25, 0.3) is 22.8 Å². The molecular weight excluding hydrogens is 372 g/mol. The third kappa shape index (κ3) is 3.09. The molecule has 0 saturated heterocycles. The third-order valence-electron chi connectivity index (χ3n) is 3.84. The van der Waals surface area contributed by atoms with Gasteiger partial charge in [-0.1, -0.05) is 17.7 Å². The number of thiol groups is 1. The van der Waals surface area contributed by atoms with E-state index in [1.165, 1.54) is 0 Å². The SMILES string of the molecule is Cn1c(-c2ccncc2)nnc1C(S)c1nnc(-c2cccc(Cl)c2)o1. The van der Waals surface area contributed by atoms with Crippen molar-refractivity contribution in [2.24, 2.45) is 7.05 Å². The minimum Gasteiger partial charge on any atom is -0.419 e. The summed E-state index contributed by atoms with van der Waals surface area (Å²) >= 11 is 10.6. The Morgan fingerprint density at radius 1 is 1.04 bits per heavy atom. The highest BCUT2D eigenvalue weighted by molar-refractivity contribution is 7.80. The van der Waals surface area contributed by atoms with Crippen molar-refractivity contribution < 1.29 is 4.42 Å². The van der Waals surface area contributed by atoms with Crippen molar-refractivity contribution in [2.45, 2.75) is 5.25 Å². The molecule has 0 aliphatic heterocycles. The molecule has 0 aliphatic rings. The summed E-state index contributed by atoms with van der Waals surface area (Å²) in [5.41, 5.74) is 1.65. The van der Waals surface area contributed by atoms with Crippen molar-refractivity contribution in [1.29, 1.82) is 0 Å². The summed E-state index contributed by atoms with van der Waals surface area (Å²) in [5.74, 6) is 2.01. The molecule has 26 heavy (non-hydrogen) atoms. The molecule has 0 spiro atoms. The van der Waals surface area contributed by atoms with Gasteiger partial charge in [0.1, 0.15) is 5.25 Å². The summed E-state index contributed by atoms with van der Waals surface area (Å²) in [6.07, 6.45) is 3.41. The quantitative estimate of drug-likeness (QED) is 0.541. The monoisotopic (exact) mass is 384 g/mol. The first-order chi connectivity index (χ1) is 12.6. The van der Waals surface area contributed by atoms with Crippen LogP contribution in [0.5, 0.6) is 0 Å². The van der Waals surface area contributed by atoms with Gasteiger partial charge in [-0.3, -0.25) is 4.98 Å². The largest absolute Gasteiger partial charge is 0.419 e. The Hall–Kier alpha value is -2.71. The zero-order valence-electron chi connectivity index (χ0n) is 13.6. The van der Waals surface area contributed by atoms with Crippen molar-refractivity contribution >= 4 is 24.2 Å². The summed E-state index contributed by atoms with van der Waals surface area (Å²) in [6, 6.07) is 10.9. The van der Waals surface area contributed by atoms with Gasteiger partial charge < -0.3 is 8.98 Å². The molecule has 7 nitrogen and oxygen atoms in total. The van der Waals surface area contributed by atoms with Crippen LogP contribution in [0.3, 0.4) is 0 Å². The molecule has 4 rings (SSSR count). The van der Waals surface area contributed by atoms with Gasteiger partial charge in [-0.25, -0.2) is 0 Å². The predicted molar refractivity (Wildman–Crippen MR) is 99.8 cm³/mol. The van der Waals surface area contributed by atoms with Crippen LogP contribution in [0.2, 0.25) is 5.02 Å². The van der Waals surface area contributed by atoms with E-state index in [4.69, 9.17) is 16.0 Å². The molecule has 0 bridgehead atoms. The summed E-state index contributed by atoms with van der Waals surface area (Å²) in [5, 5.41) is 16.7. The standard InChI is InChI=1S/C17H13ClN6OS/c1-24-14(10-5-7-19-8-6-10)20-21-15(24)13(26)17-23-22-16(25-17)11-3-2-4-12(18)9-11/h2-9,13,26H,1H3. The molecule has 1 atom stereocenters. The first kappa shape index (κ1) is 16.7. The minimum absolute atomic E-state index is 0.333. The van der Waals surface area contributed by atoms with Gasteiger partial charge in [0.2, 0.25) is 11.8 Å². The second-order valence-corrected chi connectivity index (χ2v) is 6.49. The molecular formula is C17H13ClN6OS. The average molecular weight is 385 g/mol. The number of aromatic nitrogens is 6. The lowest BCUT2D eigenvalue weighted by molar-refractivity contribution is 0.508. The number of halogens is 1. The Labute approximate surface area is 159 Å². The van der Waals surface area contributed by atoms with Gasteiger partial charge in [-0.05, 0) is 30.3 Å². The highest BCUT2D eigenvalue weighted by Crippen LogP contribution is 2.30. The zero-order valence-corrected chi connectivity index (χ0v) is 15.3. The summed E-state index contributed by atoms with van der Waals surface area (Å²) in [4.78, 5) is 4.01. The highest BCUT2D eigenvalue weighted by Gasteiger charge is 2.24. The summed E-state index contributed by atoms with van der Waals surface area (Å²) in [6.45, 7) is 0. The van der Waals surface area contributed by atoms with Gasteiger partial charge in [0.05, 0.1) is 0 Å². The average Bonchev–Trinajstić information content (AvgIpc) is 3.29. The summed E-state index contributed by atoms with van der Waals surface area (Å²) < 4.78 is 7.61. The van der Waals surface area contributed by atoms with Gasteiger partial charge in [0, 0.05) is 35.6 Å². The van der Waals surface area contributed by atoms with Gasteiger partial charge in [-0.15, -0.1) is 20.4 Å². The van der Waals surface area contributed by atoms with Gasteiger partial charge in [-0.2, -0.15) is 12.6 Å². The van der Waals surface area contributed by atoms with E-state index in [9.17, 15) is 0 Å². The van der Waals surface area contributed by atoms with Crippen LogP contribution in [0.1, 0.15) is 17.0 Å². The van der Waals surface area contributed by atoms with E-state index >= 15 is 0 Å². The Morgan fingerprint density at radius 2 is 1.85 bits per heavy atom. The maximum Gasteiger partial charge on any atom is 0.247 e. The second-order valence-electron chi connectivity index (χ2n) is 5.54. The third-order valence-corrected chi connectivity index (χ3v) is 4.52. The fraction of sp³-hybridized carbons (Fsp3) is 0.118. The normalized spacial score (nSPS) is 12.3. The van der Waals surface area contributed by atoms with Gasteiger partial charge in [0.15, 0.2) is 11.6 Å². The van der Waals surface area contributed by atoms with Crippen molar-refractivity contribution in [3.63, 3.8) is 0 Å². The highest BCUT2D eigenvalue weighted by atomic mass is 35.5. The Balaban J connectivity index is 1.65. The van der Waals surface area contributed by atoms with E-state index in [1.807, 2.05) is 35.9 Å². The zero-order chi connectivity index (χ0) is 18.1. The fourth-order valence-corrected chi connectivity index (χ4v) is 3.04. The molecule has 1 aromatic carbocycles. The number of nitrogens with zero attached hydrogens (tertiary/aromatic N) is 6. The molecule has 0 amide bonds. The predicted octanol–water partition coefficient (Wildman–Crippen LogP) is 3.60. The van der Waals surface area contributed by atoms with Crippen LogP contribution in [-0.2, 0) is 7.05 Å². The fourth-order valence-electron chi connectivity index (χ4n) is 2.53. The van der Waals surface area contributed by atoms with Gasteiger partial charge in [0.25, 0.3) is 0 Å². The number of hydrogen-bond donors (Lipinski definition) is 1. The van der Waals surface area contributed by atoms with E-state index < -0.39 is 5.25 Å². The maximum absolute atomic E-state index is 6.01. The van der Waals surface area contributed by atoms with E-state index in [-0.39, 0.29) is 0 Å². The molecule has 0 radical (unpaired) electrons. The van der Waals surface area contributed by atoms with Crippen molar-refractivity contribution in [2.75, 3.05) is 0 Å². The number of pyridine rings is 1. The van der Waals surface area contributed by atoms with Crippen LogP contribution in [0.4, 0.5) is 0 Å². The topological polar surface area (TPSA) is 82.5 Å². The molecule has 3 heterocycles. The van der Waals surface area contributed by atoms with Crippen molar-refractivity contribution in [3.8, 4) is 22.8 Å². The number of benzene rings is 1. The van der Waals surface area contributed by atoms with E-state index in [0.717, 1.165) is 11.1 Å². The Kier molecular flexibility index (Phi) is 4.44. The van der Waals surface area contributed by atoms with Crippen LogP contribution >= 0.6 is 24.2 Å². The molecule has 3 aromatic heterocycles. The van der Waals surface area contributed by atoms with E-state index in [0.29, 0.717) is 28.5 Å². The first-order valence-electron chi connectivity index (χ1n) is 7.70. The van der Waals surface area contributed by atoms with E-state index in [1.54, 1.807) is 24.5 Å². The van der Waals surface area contributed by atoms with E-state index in [2.05, 4.69) is 38.0 Å². The van der Waals surface area contributed by atoms with Crippen LogP contribution in [0, 0.1) is 0 Å². The smallest absolute Gasteiger partial charge is 0.247 e. The summed E-state index contributed by atoms with van der Waals surface area (Å²) in [7, 11) is 1.86. The minimum atomic E-state index is -0.511. The lowest BCUT2D eigenvalue weighted by atomic mass is 10.2. The Bertz CT molecular complexity index is 1050. The lowest BCUT2D eigenvalue weighted by Gasteiger charge is -2.07. The lowest BCUT2D eigenvalue weighted by Crippen LogP contribution is -2.04. The van der Waals surface area contributed by atoms with Crippen LogP contribution in [-0.4, -0.2) is 29.9 Å². The molecule has 4 aromatic rings. The first-order valence-corrected chi connectivity index (χ1v) is 8.60. The molecule has 0 fully saturated rings. The maximum atomic E-state index is 6.01. The number of rotatable bonds is 4. The Morgan fingerprint density at radius 3 is 2.62 bits per heavy atom. The molecule has 130 valence electrons. The van der Waals surface area contributed by atoms with Crippen molar-refractivity contribution in [3.05, 3.63) is 65.5 Å². The van der Waals surface area contributed by atoms with Crippen LogP contribution in [0.15, 0.2) is 53.2 Å². The van der Waals surface area contributed by atoms with Crippen molar-refractivity contribution in [1.82, 2.24) is 29.9 Å². The molecule has 1 unspecified atom stereocenters.